The van der Waals surface area contributed by atoms with Crippen LogP contribution in [0.4, 0.5) is 15.8 Å². The standard InChI is InChI=1S/C16H14BrFN2O3/c1-20-8-11(16(22)23-10-3-4-10)14(7-15(20)21)19-13-5-2-9(17)6-12(13)18/h2,5-8,10,19H,3-4H2,1H3. The maximum absolute atomic E-state index is 14.0. The number of nitrogens with one attached hydrogen (secondary N) is 1. The molecule has 0 aliphatic heterocycles. The van der Waals surface area contributed by atoms with Crippen LogP contribution in [0.5, 0.6) is 0 Å². The number of rotatable bonds is 4. The van der Waals surface area contributed by atoms with Crippen molar-refractivity contribution in [2.75, 3.05) is 5.32 Å². The molecule has 5 nitrogen and oxygen atoms in total. The van der Waals surface area contributed by atoms with E-state index in [1.165, 1.54) is 29.0 Å². The fourth-order valence-electron chi connectivity index (χ4n) is 2.03. The quantitative estimate of drug-likeness (QED) is 0.826. The zero-order chi connectivity index (χ0) is 16.6. The summed E-state index contributed by atoms with van der Waals surface area (Å²) in [4.78, 5) is 24.1. The van der Waals surface area contributed by atoms with E-state index in [0.29, 0.717) is 4.47 Å². The highest BCUT2D eigenvalue weighted by Crippen LogP contribution is 2.28. The van der Waals surface area contributed by atoms with Crippen molar-refractivity contribution in [1.29, 1.82) is 0 Å². The number of pyridine rings is 1. The van der Waals surface area contributed by atoms with Crippen molar-refractivity contribution in [3.05, 3.63) is 56.7 Å². The Hall–Kier alpha value is -2.15. The highest BCUT2D eigenvalue weighted by Gasteiger charge is 2.28. The number of aromatic nitrogens is 1. The third-order valence-corrected chi connectivity index (χ3v) is 3.94. The van der Waals surface area contributed by atoms with E-state index in [-0.39, 0.29) is 28.6 Å². The van der Waals surface area contributed by atoms with Gasteiger partial charge in [-0.05, 0) is 31.0 Å². The van der Waals surface area contributed by atoms with Gasteiger partial charge in [0.2, 0.25) is 0 Å². The largest absolute Gasteiger partial charge is 0.459 e. The van der Waals surface area contributed by atoms with Crippen LogP contribution < -0.4 is 10.9 Å². The molecule has 1 aromatic heterocycles. The smallest absolute Gasteiger partial charge is 0.342 e. The first kappa shape index (κ1) is 15.7. The SMILES string of the molecule is Cn1cc(C(=O)OC2CC2)c(Nc2ccc(Br)cc2F)cc1=O. The molecule has 0 saturated heterocycles. The van der Waals surface area contributed by atoms with E-state index in [9.17, 15) is 14.0 Å². The Kier molecular flexibility index (Phi) is 4.21. The summed E-state index contributed by atoms with van der Waals surface area (Å²) in [6.07, 6.45) is 3.03. The third kappa shape index (κ3) is 3.61. The summed E-state index contributed by atoms with van der Waals surface area (Å²) in [5.41, 5.74) is 0.274. The first-order valence-electron chi connectivity index (χ1n) is 7.08. The summed E-state index contributed by atoms with van der Waals surface area (Å²) in [5.74, 6) is -1.02. The van der Waals surface area contributed by atoms with Crippen LogP contribution in [0.1, 0.15) is 23.2 Å². The lowest BCUT2D eigenvalue weighted by Crippen LogP contribution is -2.20. The van der Waals surface area contributed by atoms with Gasteiger partial charge >= 0.3 is 5.97 Å². The zero-order valence-corrected chi connectivity index (χ0v) is 13.9. The minimum Gasteiger partial charge on any atom is -0.459 e. The first-order chi connectivity index (χ1) is 10.9. The Balaban J connectivity index is 1.97. The number of benzene rings is 1. The van der Waals surface area contributed by atoms with E-state index in [1.807, 2.05) is 0 Å². The van der Waals surface area contributed by atoms with Crippen LogP contribution in [-0.2, 0) is 11.8 Å². The number of carbonyl (C=O) groups excluding carboxylic acids is 1. The predicted octanol–water partition coefficient (Wildman–Crippen LogP) is 3.35. The second-order valence-corrected chi connectivity index (χ2v) is 6.32. The highest BCUT2D eigenvalue weighted by molar-refractivity contribution is 9.10. The maximum Gasteiger partial charge on any atom is 0.342 e. The molecule has 0 amide bonds. The van der Waals surface area contributed by atoms with Crippen LogP contribution >= 0.6 is 15.9 Å². The lowest BCUT2D eigenvalue weighted by atomic mass is 10.2. The molecule has 23 heavy (non-hydrogen) atoms. The van der Waals surface area contributed by atoms with Crippen LogP contribution in [-0.4, -0.2) is 16.6 Å². The Bertz CT molecular complexity index is 831. The van der Waals surface area contributed by atoms with Gasteiger partial charge in [0.05, 0.1) is 16.9 Å². The number of hydrogen-bond acceptors (Lipinski definition) is 4. The molecule has 2 aromatic rings. The third-order valence-electron chi connectivity index (χ3n) is 3.45. The first-order valence-corrected chi connectivity index (χ1v) is 7.87. The van der Waals surface area contributed by atoms with Gasteiger partial charge in [-0.25, -0.2) is 9.18 Å². The van der Waals surface area contributed by atoms with Gasteiger partial charge < -0.3 is 14.6 Å². The number of nitrogens with zero attached hydrogens (tertiary/aromatic N) is 1. The van der Waals surface area contributed by atoms with Crippen molar-refractivity contribution in [1.82, 2.24) is 4.57 Å². The molecule has 1 aliphatic rings. The lowest BCUT2D eigenvalue weighted by Gasteiger charge is -2.13. The van der Waals surface area contributed by atoms with Gasteiger partial charge in [0.1, 0.15) is 11.9 Å². The molecule has 0 radical (unpaired) electrons. The molecular weight excluding hydrogens is 367 g/mol. The van der Waals surface area contributed by atoms with E-state index < -0.39 is 11.8 Å². The van der Waals surface area contributed by atoms with Crippen molar-refractivity contribution < 1.29 is 13.9 Å². The Morgan fingerprint density at radius 1 is 1.35 bits per heavy atom. The average molecular weight is 381 g/mol. The summed E-state index contributed by atoms with van der Waals surface area (Å²) in [7, 11) is 1.54. The molecule has 0 atom stereocenters. The summed E-state index contributed by atoms with van der Waals surface area (Å²) >= 11 is 3.18. The van der Waals surface area contributed by atoms with Crippen LogP contribution in [0.3, 0.4) is 0 Å². The average Bonchev–Trinajstić information content (AvgIpc) is 3.29. The normalized spacial score (nSPS) is 13.7. The molecule has 3 rings (SSSR count). The molecule has 7 heteroatoms. The molecule has 1 aromatic carbocycles. The molecule has 1 aliphatic carbocycles. The Labute approximate surface area is 140 Å². The minimum absolute atomic E-state index is 0.0583. The van der Waals surface area contributed by atoms with Crippen LogP contribution in [0, 0.1) is 5.82 Å². The van der Waals surface area contributed by atoms with E-state index in [1.54, 1.807) is 13.1 Å². The summed E-state index contributed by atoms with van der Waals surface area (Å²) < 4.78 is 21.1. The number of halogens is 2. The van der Waals surface area contributed by atoms with Gasteiger partial charge in [0, 0.05) is 23.8 Å². The Morgan fingerprint density at radius 3 is 2.74 bits per heavy atom. The molecule has 1 N–H and O–H groups in total. The maximum atomic E-state index is 14.0. The van der Waals surface area contributed by atoms with E-state index in [4.69, 9.17) is 4.74 Å². The molecule has 0 spiro atoms. The van der Waals surface area contributed by atoms with Crippen molar-refractivity contribution in [2.45, 2.75) is 18.9 Å². The minimum atomic E-state index is -0.525. The number of carbonyl (C=O) groups is 1. The van der Waals surface area contributed by atoms with Crippen LogP contribution in [0.15, 0.2) is 39.7 Å². The second-order valence-electron chi connectivity index (χ2n) is 5.40. The van der Waals surface area contributed by atoms with E-state index in [2.05, 4.69) is 21.2 Å². The lowest BCUT2D eigenvalue weighted by molar-refractivity contribution is 0.0472. The van der Waals surface area contributed by atoms with Crippen LogP contribution in [0.25, 0.3) is 0 Å². The van der Waals surface area contributed by atoms with Gasteiger partial charge in [0.15, 0.2) is 0 Å². The number of hydrogen-bond donors (Lipinski definition) is 1. The van der Waals surface area contributed by atoms with Gasteiger partial charge in [-0.3, -0.25) is 4.79 Å². The van der Waals surface area contributed by atoms with Gasteiger partial charge in [0.25, 0.3) is 5.56 Å². The molecule has 0 unspecified atom stereocenters. The monoisotopic (exact) mass is 380 g/mol. The van der Waals surface area contributed by atoms with E-state index >= 15 is 0 Å². The van der Waals surface area contributed by atoms with E-state index in [0.717, 1.165) is 12.8 Å². The van der Waals surface area contributed by atoms with Crippen LogP contribution in [0.2, 0.25) is 0 Å². The number of esters is 1. The van der Waals surface area contributed by atoms with Gasteiger partial charge in [-0.15, -0.1) is 0 Å². The molecule has 0 bridgehead atoms. The van der Waals surface area contributed by atoms with Gasteiger partial charge in [-0.2, -0.15) is 0 Å². The number of ether oxygens (including phenoxy) is 1. The molecule has 1 saturated carbocycles. The highest BCUT2D eigenvalue weighted by atomic mass is 79.9. The molecule has 1 fully saturated rings. The topological polar surface area (TPSA) is 60.3 Å². The molecular formula is C16H14BrFN2O3. The van der Waals surface area contributed by atoms with Crippen molar-refractivity contribution in [3.8, 4) is 0 Å². The summed E-state index contributed by atoms with van der Waals surface area (Å²) in [6.45, 7) is 0. The summed E-state index contributed by atoms with van der Waals surface area (Å²) in [5, 5.41) is 2.80. The van der Waals surface area contributed by atoms with Crippen molar-refractivity contribution in [2.24, 2.45) is 7.05 Å². The second kappa shape index (κ2) is 6.16. The van der Waals surface area contributed by atoms with Crippen molar-refractivity contribution in [3.63, 3.8) is 0 Å². The molecule has 120 valence electrons. The number of anilines is 2. The predicted molar refractivity (Wildman–Crippen MR) is 87.5 cm³/mol. The zero-order valence-electron chi connectivity index (χ0n) is 12.3. The Morgan fingerprint density at radius 2 is 2.09 bits per heavy atom. The summed E-state index contributed by atoms with van der Waals surface area (Å²) in [6, 6.07) is 5.73. The van der Waals surface area contributed by atoms with Crippen molar-refractivity contribution >= 4 is 33.3 Å². The molecule has 1 heterocycles. The fraction of sp³-hybridized carbons (Fsp3) is 0.250. The number of aryl methyl sites for hydroxylation is 1. The van der Waals surface area contributed by atoms with Gasteiger partial charge in [-0.1, -0.05) is 15.9 Å². The fourth-order valence-corrected chi connectivity index (χ4v) is 2.37.